The number of benzene rings is 1. The first-order chi connectivity index (χ1) is 16.2. The minimum atomic E-state index is -2.97. The van der Waals surface area contributed by atoms with Crippen LogP contribution in [0.15, 0.2) is 35.4 Å². The highest BCUT2D eigenvalue weighted by Gasteiger charge is 2.51. The molecule has 0 bridgehead atoms. The molecule has 3 aliphatic heterocycles. The molecule has 9 heteroatoms. The van der Waals surface area contributed by atoms with Crippen LogP contribution >= 0.6 is 22.9 Å². The quantitative estimate of drug-likeness (QED) is 0.542. The van der Waals surface area contributed by atoms with E-state index in [0.717, 1.165) is 44.1 Å². The van der Waals surface area contributed by atoms with Crippen molar-refractivity contribution in [3.63, 3.8) is 0 Å². The van der Waals surface area contributed by atoms with E-state index in [4.69, 9.17) is 21.4 Å². The SMILES string of the molecule is CC1=NN(c2ccccc2CN(C)C)CC1CN1CCC2(CC1)OCC(F)(F)c1cc(Cl)sc12. The molecule has 2 aromatic rings. The Balaban J connectivity index is 1.24. The Kier molecular flexibility index (Phi) is 6.48. The minimum absolute atomic E-state index is 0.0630. The maximum absolute atomic E-state index is 14.4. The molecule has 1 aromatic carbocycles. The summed E-state index contributed by atoms with van der Waals surface area (Å²) in [6, 6.07) is 9.87. The van der Waals surface area contributed by atoms with Crippen LogP contribution in [0, 0.1) is 5.92 Å². The molecule has 1 atom stereocenters. The number of rotatable bonds is 5. The van der Waals surface area contributed by atoms with Crippen molar-refractivity contribution in [3.8, 4) is 0 Å². The molecule has 5 rings (SSSR count). The van der Waals surface area contributed by atoms with E-state index in [2.05, 4.69) is 60.1 Å². The number of alkyl halides is 2. The predicted octanol–water partition coefficient (Wildman–Crippen LogP) is 5.39. The lowest BCUT2D eigenvalue weighted by molar-refractivity contribution is -0.181. The summed E-state index contributed by atoms with van der Waals surface area (Å²) < 4.78 is 35.1. The van der Waals surface area contributed by atoms with Crippen LogP contribution in [0.1, 0.15) is 35.8 Å². The smallest absolute Gasteiger partial charge is 0.297 e. The maximum atomic E-state index is 14.4. The molecule has 1 spiro atoms. The van der Waals surface area contributed by atoms with Crippen LogP contribution < -0.4 is 5.01 Å². The van der Waals surface area contributed by atoms with Gasteiger partial charge in [0.05, 0.1) is 16.6 Å². The van der Waals surface area contributed by atoms with Crippen molar-refractivity contribution in [3.05, 3.63) is 50.7 Å². The number of halogens is 3. The van der Waals surface area contributed by atoms with Crippen LogP contribution in [0.3, 0.4) is 0 Å². The number of piperidine rings is 1. The predicted molar refractivity (Wildman–Crippen MR) is 134 cm³/mol. The molecule has 0 radical (unpaired) electrons. The van der Waals surface area contributed by atoms with Gasteiger partial charge in [-0.1, -0.05) is 29.8 Å². The summed E-state index contributed by atoms with van der Waals surface area (Å²) in [6.45, 7) is 5.79. The topological polar surface area (TPSA) is 31.3 Å². The molecule has 1 fully saturated rings. The Morgan fingerprint density at radius 1 is 1.24 bits per heavy atom. The fourth-order valence-corrected chi connectivity index (χ4v) is 6.84. The zero-order valence-corrected chi connectivity index (χ0v) is 21.4. The number of thiophene rings is 1. The van der Waals surface area contributed by atoms with Crippen molar-refractivity contribution in [2.45, 2.75) is 37.8 Å². The minimum Gasteiger partial charge on any atom is -0.363 e. The number of hydrazone groups is 1. The number of para-hydroxylation sites is 1. The summed E-state index contributed by atoms with van der Waals surface area (Å²) in [6.07, 6.45) is 1.40. The summed E-state index contributed by atoms with van der Waals surface area (Å²) >= 11 is 7.39. The van der Waals surface area contributed by atoms with Crippen LogP contribution in [0.25, 0.3) is 0 Å². The van der Waals surface area contributed by atoms with E-state index < -0.39 is 18.1 Å². The highest BCUT2D eigenvalue weighted by molar-refractivity contribution is 7.16. The third-order valence-corrected chi connectivity index (χ3v) is 8.65. The fourth-order valence-electron chi connectivity index (χ4n) is 5.36. The molecular weight excluding hydrogens is 478 g/mol. The number of hydrogen-bond donors (Lipinski definition) is 0. The Morgan fingerprint density at radius 3 is 2.71 bits per heavy atom. The molecule has 34 heavy (non-hydrogen) atoms. The molecule has 1 aromatic heterocycles. The van der Waals surface area contributed by atoms with Gasteiger partial charge in [-0.2, -0.15) is 13.9 Å². The Labute approximate surface area is 208 Å². The van der Waals surface area contributed by atoms with Crippen molar-refractivity contribution < 1.29 is 13.5 Å². The molecule has 0 aliphatic carbocycles. The van der Waals surface area contributed by atoms with E-state index in [0.29, 0.717) is 28.0 Å². The van der Waals surface area contributed by atoms with Gasteiger partial charge in [-0.3, -0.25) is 5.01 Å². The molecule has 4 heterocycles. The van der Waals surface area contributed by atoms with Gasteiger partial charge in [-0.25, -0.2) is 0 Å². The van der Waals surface area contributed by atoms with E-state index in [-0.39, 0.29) is 5.56 Å². The molecule has 1 unspecified atom stereocenters. The highest BCUT2D eigenvalue weighted by Crippen LogP contribution is 2.52. The van der Waals surface area contributed by atoms with Gasteiger partial charge in [0.2, 0.25) is 0 Å². The van der Waals surface area contributed by atoms with Crippen molar-refractivity contribution >= 4 is 34.3 Å². The summed E-state index contributed by atoms with van der Waals surface area (Å²) in [4.78, 5) is 5.22. The maximum Gasteiger partial charge on any atom is 0.297 e. The van der Waals surface area contributed by atoms with Gasteiger partial charge >= 0.3 is 0 Å². The number of hydrogen-bond acceptors (Lipinski definition) is 6. The van der Waals surface area contributed by atoms with Crippen molar-refractivity contribution in [1.82, 2.24) is 9.80 Å². The molecule has 0 saturated carbocycles. The van der Waals surface area contributed by atoms with E-state index >= 15 is 0 Å². The zero-order chi connectivity index (χ0) is 24.1. The van der Waals surface area contributed by atoms with Gasteiger partial charge in [0.1, 0.15) is 12.2 Å². The fraction of sp³-hybridized carbons (Fsp3) is 0.560. The average Bonchev–Trinajstić information content (AvgIpc) is 3.37. The van der Waals surface area contributed by atoms with Crippen LogP contribution in [0.2, 0.25) is 4.34 Å². The highest BCUT2D eigenvalue weighted by atomic mass is 35.5. The van der Waals surface area contributed by atoms with Gasteiger partial charge in [-0.05, 0) is 51.6 Å². The molecule has 0 amide bonds. The first-order valence-electron chi connectivity index (χ1n) is 11.8. The molecule has 184 valence electrons. The monoisotopic (exact) mass is 508 g/mol. The lowest BCUT2D eigenvalue weighted by Crippen LogP contribution is -2.50. The van der Waals surface area contributed by atoms with Crippen molar-refractivity contribution in [1.29, 1.82) is 0 Å². The molecular formula is C25H31ClF2N4OS. The van der Waals surface area contributed by atoms with Crippen LogP contribution in [0.4, 0.5) is 14.5 Å². The van der Waals surface area contributed by atoms with Crippen LogP contribution in [0.5, 0.6) is 0 Å². The third-order valence-electron chi connectivity index (χ3n) is 7.20. The van der Waals surface area contributed by atoms with Crippen LogP contribution in [-0.4, -0.2) is 62.4 Å². The summed E-state index contributed by atoms with van der Waals surface area (Å²) in [5.74, 6) is -2.63. The van der Waals surface area contributed by atoms with Crippen molar-refractivity contribution in [2.24, 2.45) is 11.0 Å². The normalized spacial score (nSPS) is 24.0. The van der Waals surface area contributed by atoms with E-state index in [1.807, 2.05) is 0 Å². The first kappa shape index (κ1) is 24.1. The largest absolute Gasteiger partial charge is 0.363 e. The standard InChI is InChI=1S/C25H31ClF2N4OS/c1-17-19(15-32(29-17)21-7-5-4-6-18(21)13-30(2)3)14-31-10-8-24(9-11-31)23-20(12-22(26)34-23)25(27,28)16-33-24/h4-7,12,19H,8-11,13-16H2,1-3H3. The van der Waals surface area contributed by atoms with E-state index in [9.17, 15) is 8.78 Å². The lowest BCUT2D eigenvalue weighted by Gasteiger charge is -2.45. The van der Waals surface area contributed by atoms with E-state index in [1.165, 1.54) is 23.0 Å². The number of likely N-dealkylation sites (tertiary alicyclic amines) is 1. The molecule has 5 nitrogen and oxygen atoms in total. The molecule has 0 N–H and O–H groups in total. The van der Waals surface area contributed by atoms with Gasteiger partial charge < -0.3 is 14.5 Å². The Hall–Kier alpha value is -1.58. The van der Waals surface area contributed by atoms with Crippen LogP contribution in [-0.2, 0) is 22.8 Å². The lowest BCUT2D eigenvalue weighted by atomic mass is 9.84. The summed E-state index contributed by atoms with van der Waals surface area (Å²) in [5, 5.41) is 7.02. The zero-order valence-electron chi connectivity index (χ0n) is 19.9. The Morgan fingerprint density at radius 2 is 1.97 bits per heavy atom. The number of anilines is 1. The Bertz CT molecular complexity index is 1080. The van der Waals surface area contributed by atoms with Gasteiger partial charge in [0, 0.05) is 48.2 Å². The molecule has 3 aliphatic rings. The number of ether oxygens (including phenoxy) is 1. The first-order valence-corrected chi connectivity index (χ1v) is 13.0. The number of nitrogens with zero attached hydrogens (tertiary/aromatic N) is 4. The second-order valence-electron chi connectivity index (χ2n) is 9.97. The van der Waals surface area contributed by atoms with E-state index in [1.54, 1.807) is 0 Å². The second-order valence-corrected chi connectivity index (χ2v) is 11.7. The van der Waals surface area contributed by atoms with Gasteiger partial charge in [0.15, 0.2) is 0 Å². The van der Waals surface area contributed by atoms with Crippen molar-refractivity contribution in [2.75, 3.05) is 51.9 Å². The average molecular weight is 509 g/mol. The van der Waals surface area contributed by atoms with Gasteiger partial charge in [0.25, 0.3) is 5.92 Å². The molecule has 1 saturated heterocycles. The van der Waals surface area contributed by atoms with Gasteiger partial charge in [-0.15, -0.1) is 11.3 Å². The summed E-state index contributed by atoms with van der Waals surface area (Å²) in [7, 11) is 4.15. The number of fused-ring (bicyclic) bond motifs is 2. The second kappa shape index (κ2) is 9.13. The third kappa shape index (κ3) is 4.51. The summed E-state index contributed by atoms with van der Waals surface area (Å²) in [5.41, 5.74) is 2.99.